The fraction of sp³-hybridized carbons (Fsp3) is 0.0189. The van der Waals surface area contributed by atoms with Gasteiger partial charge < -0.3 is 9.47 Å². The van der Waals surface area contributed by atoms with E-state index >= 15 is 0 Å². The monoisotopic (exact) mass is 698 g/mol. The fourth-order valence-corrected chi connectivity index (χ4v) is 9.94. The molecule has 0 atom stereocenters. The molecule has 0 radical (unpaired) electrons. The third kappa shape index (κ3) is 4.14. The zero-order valence-electron chi connectivity index (χ0n) is 30.0. The van der Waals surface area contributed by atoms with E-state index in [2.05, 4.69) is 216 Å². The lowest BCUT2D eigenvalue weighted by atomic mass is 9.70. The van der Waals surface area contributed by atoms with Crippen molar-refractivity contribution in [1.29, 1.82) is 0 Å². The number of aromatic nitrogens is 1. The van der Waals surface area contributed by atoms with Crippen LogP contribution in [0.1, 0.15) is 22.3 Å². The van der Waals surface area contributed by atoms with Crippen LogP contribution in [-0.2, 0) is 5.41 Å². The summed E-state index contributed by atoms with van der Waals surface area (Å²) in [6.45, 7) is 0. The molecule has 1 aromatic heterocycles. The number of benzene rings is 9. The van der Waals surface area contributed by atoms with Crippen LogP contribution in [0.3, 0.4) is 0 Å². The number of rotatable bonds is 4. The van der Waals surface area contributed by atoms with Crippen molar-refractivity contribution in [3.63, 3.8) is 0 Å². The number of anilines is 3. The summed E-state index contributed by atoms with van der Waals surface area (Å²) in [5.41, 5.74) is 17.2. The summed E-state index contributed by atoms with van der Waals surface area (Å²) in [6, 6.07) is 76.3. The minimum absolute atomic E-state index is 0.412. The SMILES string of the molecule is c1ccc2c(c1)-c1ccccc1C21c2ccccc2-c2ccc(N(c3ccc(-n4c5ccccc5c5ccccc54)cc3)c3ccc4ccccc4c3)cc21. The topological polar surface area (TPSA) is 8.17 Å². The molecule has 1 spiro atoms. The van der Waals surface area contributed by atoms with E-state index < -0.39 is 5.41 Å². The van der Waals surface area contributed by atoms with Crippen molar-refractivity contribution in [3.05, 3.63) is 229 Å². The highest BCUT2D eigenvalue weighted by atomic mass is 15.1. The van der Waals surface area contributed by atoms with Crippen LogP contribution in [0, 0.1) is 0 Å². The van der Waals surface area contributed by atoms with Gasteiger partial charge in [0.1, 0.15) is 0 Å². The van der Waals surface area contributed by atoms with Gasteiger partial charge in [-0.2, -0.15) is 0 Å². The van der Waals surface area contributed by atoms with Crippen molar-refractivity contribution in [2.24, 2.45) is 0 Å². The highest BCUT2D eigenvalue weighted by Crippen LogP contribution is 2.63. The number of hydrogen-bond acceptors (Lipinski definition) is 1. The predicted octanol–water partition coefficient (Wildman–Crippen LogP) is 13.8. The van der Waals surface area contributed by atoms with Gasteiger partial charge in [-0.05, 0) is 116 Å². The predicted molar refractivity (Wildman–Crippen MR) is 229 cm³/mol. The Morgan fingerprint density at radius 3 is 1.40 bits per heavy atom. The Bertz CT molecular complexity index is 3050. The van der Waals surface area contributed by atoms with Crippen LogP contribution in [0.25, 0.3) is 60.5 Å². The number of para-hydroxylation sites is 2. The van der Waals surface area contributed by atoms with E-state index in [1.165, 1.54) is 77.1 Å². The molecule has 0 unspecified atom stereocenters. The Labute approximate surface area is 319 Å². The van der Waals surface area contributed by atoms with Crippen LogP contribution in [-0.4, -0.2) is 4.57 Å². The number of hydrogen-bond donors (Lipinski definition) is 0. The van der Waals surface area contributed by atoms with Crippen molar-refractivity contribution < 1.29 is 0 Å². The van der Waals surface area contributed by atoms with Gasteiger partial charge >= 0.3 is 0 Å². The molecule has 256 valence electrons. The Balaban J connectivity index is 1.09. The number of nitrogens with zero attached hydrogens (tertiary/aromatic N) is 2. The highest BCUT2D eigenvalue weighted by molar-refractivity contribution is 6.09. The molecule has 2 nitrogen and oxygen atoms in total. The summed E-state index contributed by atoms with van der Waals surface area (Å²) in [5, 5.41) is 4.98. The normalized spacial score (nSPS) is 13.2. The first kappa shape index (κ1) is 30.3. The lowest BCUT2D eigenvalue weighted by Crippen LogP contribution is -2.26. The molecule has 2 heteroatoms. The molecule has 2 aliphatic carbocycles. The zero-order valence-corrected chi connectivity index (χ0v) is 30.0. The summed E-state index contributed by atoms with van der Waals surface area (Å²) in [6.07, 6.45) is 0. The van der Waals surface area contributed by atoms with Crippen LogP contribution in [0.15, 0.2) is 206 Å². The van der Waals surface area contributed by atoms with E-state index in [0.717, 1.165) is 22.7 Å². The van der Waals surface area contributed by atoms with Gasteiger partial charge in [-0.3, -0.25) is 0 Å². The molecule has 0 saturated heterocycles. The van der Waals surface area contributed by atoms with Gasteiger partial charge in [0, 0.05) is 33.5 Å². The smallest absolute Gasteiger partial charge is 0.0726 e. The second kappa shape index (κ2) is 11.4. The van der Waals surface area contributed by atoms with Crippen molar-refractivity contribution in [1.82, 2.24) is 4.57 Å². The van der Waals surface area contributed by atoms with E-state index in [4.69, 9.17) is 0 Å². The molecule has 0 N–H and O–H groups in total. The standard InChI is InChI=1S/C53H34N2/c1-2-14-36-33-39(26-25-35(36)13-1)54(37-27-29-38(30-28-37)55-51-23-11-6-18-45(51)46-19-7-12-24-52(46)55)40-31-32-44-43-17-5-10-22-49(43)53(50(44)34-40)47-20-8-3-15-41(47)42-16-4-9-21-48(42)53/h1-34H. The molecule has 0 aliphatic heterocycles. The molecule has 0 bridgehead atoms. The van der Waals surface area contributed by atoms with E-state index in [9.17, 15) is 0 Å². The summed E-state index contributed by atoms with van der Waals surface area (Å²) in [5.74, 6) is 0. The molecule has 1 heterocycles. The van der Waals surface area contributed by atoms with Gasteiger partial charge in [-0.1, -0.05) is 146 Å². The molecule has 12 rings (SSSR count). The molecule has 9 aromatic carbocycles. The van der Waals surface area contributed by atoms with Crippen molar-refractivity contribution in [3.8, 4) is 27.9 Å². The summed E-state index contributed by atoms with van der Waals surface area (Å²) in [7, 11) is 0. The largest absolute Gasteiger partial charge is 0.310 e. The second-order valence-corrected chi connectivity index (χ2v) is 14.9. The third-order valence-corrected chi connectivity index (χ3v) is 12.2. The summed E-state index contributed by atoms with van der Waals surface area (Å²) < 4.78 is 2.39. The van der Waals surface area contributed by atoms with Crippen LogP contribution >= 0.6 is 0 Å². The molecular formula is C53H34N2. The Hall–Kier alpha value is -7.16. The van der Waals surface area contributed by atoms with Gasteiger partial charge in [0.05, 0.1) is 16.4 Å². The average Bonchev–Trinajstić information content (AvgIpc) is 3.86. The molecular weight excluding hydrogens is 665 g/mol. The van der Waals surface area contributed by atoms with Crippen LogP contribution in [0.4, 0.5) is 17.1 Å². The maximum atomic E-state index is 2.48. The van der Waals surface area contributed by atoms with Crippen molar-refractivity contribution in [2.75, 3.05) is 4.90 Å². The first-order chi connectivity index (χ1) is 27.3. The minimum Gasteiger partial charge on any atom is -0.310 e. The Morgan fingerprint density at radius 1 is 0.327 bits per heavy atom. The molecule has 0 amide bonds. The third-order valence-electron chi connectivity index (χ3n) is 12.2. The van der Waals surface area contributed by atoms with Crippen molar-refractivity contribution >= 4 is 49.6 Å². The maximum Gasteiger partial charge on any atom is 0.0726 e. The van der Waals surface area contributed by atoms with E-state index in [1.54, 1.807) is 0 Å². The van der Waals surface area contributed by atoms with Crippen LogP contribution < -0.4 is 4.90 Å². The maximum absolute atomic E-state index is 2.48. The van der Waals surface area contributed by atoms with E-state index in [1.807, 2.05) is 0 Å². The van der Waals surface area contributed by atoms with Gasteiger partial charge in [0.2, 0.25) is 0 Å². The first-order valence-corrected chi connectivity index (χ1v) is 19.1. The Morgan fingerprint density at radius 2 is 0.782 bits per heavy atom. The molecule has 0 fully saturated rings. The fourth-order valence-electron chi connectivity index (χ4n) is 9.94. The zero-order chi connectivity index (χ0) is 36.1. The van der Waals surface area contributed by atoms with E-state index in [0.29, 0.717) is 0 Å². The van der Waals surface area contributed by atoms with Crippen LogP contribution in [0.5, 0.6) is 0 Å². The van der Waals surface area contributed by atoms with Gasteiger partial charge in [0.15, 0.2) is 0 Å². The number of fused-ring (bicyclic) bond motifs is 14. The molecule has 55 heavy (non-hydrogen) atoms. The van der Waals surface area contributed by atoms with Gasteiger partial charge in [0.25, 0.3) is 0 Å². The first-order valence-electron chi connectivity index (χ1n) is 19.1. The molecule has 2 aliphatic rings. The van der Waals surface area contributed by atoms with Crippen molar-refractivity contribution in [2.45, 2.75) is 5.41 Å². The second-order valence-electron chi connectivity index (χ2n) is 14.9. The summed E-state index contributed by atoms with van der Waals surface area (Å²) >= 11 is 0. The van der Waals surface area contributed by atoms with Crippen LogP contribution in [0.2, 0.25) is 0 Å². The lowest BCUT2D eigenvalue weighted by molar-refractivity contribution is 0.793. The average molecular weight is 699 g/mol. The minimum atomic E-state index is -0.412. The molecule has 0 saturated carbocycles. The Kier molecular flexibility index (Phi) is 6.29. The van der Waals surface area contributed by atoms with Gasteiger partial charge in [-0.25, -0.2) is 0 Å². The highest BCUT2D eigenvalue weighted by Gasteiger charge is 2.51. The van der Waals surface area contributed by atoms with Gasteiger partial charge in [-0.15, -0.1) is 0 Å². The summed E-state index contributed by atoms with van der Waals surface area (Å²) in [4.78, 5) is 2.44. The van der Waals surface area contributed by atoms with E-state index in [-0.39, 0.29) is 0 Å². The molecule has 10 aromatic rings. The quantitative estimate of drug-likeness (QED) is 0.178. The lowest BCUT2D eigenvalue weighted by Gasteiger charge is -2.32.